The van der Waals surface area contributed by atoms with Gasteiger partial charge in [-0.3, -0.25) is 4.68 Å². The largest absolute Gasteiger partial charge is 0.381 e. The van der Waals surface area contributed by atoms with E-state index >= 15 is 0 Å². The van der Waals surface area contributed by atoms with E-state index in [1.807, 2.05) is 17.9 Å². The first-order chi connectivity index (χ1) is 8.99. The van der Waals surface area contributed by atoms with E-state index in [0.717, 1.165) is 6.54 Å². The van der Waals surface area contributed by atoms with Crippen LogP contribution in [0, 0.1) is 13.8 Å². The second kappa shape index (κ2) is 5.34. The Morgan fingerprint density at radius 1 is 1.26 bits per heavy atom. The van der Waals surface area contributed by atoms with E-state index in [0.29, 0.717) is 0 Å². The molecule has 4 heteroatoms. The second-order valence-electron chi connectivity index (χ2n) is 5.13. The third-order valence-electron chi connectivity index (χ3n) is 3.53. The lowest BCUT2D eigenvalue weighted by atomic mass is 10.1. The summed E-state index contributed by atoms with van der Waals surface area (Å²) in [5.74, 6) is 0. The molecule has 0 fully saturated rings. The molecule has 0 saturated heterocycles. The maximum atomic E-state index is 4.26. The van der Waals surface area contributed by atoms with Gasteiger partial charge < -0.3 is 10.2 Å². The summed E-state index contributed by atoms with van der Waals surface area (Å²) in [5.41, 5.74) is 6.09. The Bertz CT molecular complexity index is 570. The van der Waals surface area contributed by atoms with Gasteiger partial charge in [0.25, 0.3) is 0 Å². The smallest absolute Gasteiger partial charge is 0.0542 e. The lowest BCUT2D eigenvalue weighted by molar-refractivity contribution is 0.738. The van der Waals surface area contributed by atoms with E-state index in [1.54, 1.807) is 0 Å². The molecule has 19 heavy (non-hydrogen) atoms. The van der Waals surface area contributed by atoms with Crippen LogP contribution in [0.1, 0.15) is 16.8 Å². The van der Waals surface area contributed by atoms with Gasteiger partial charge in [0, 0.05) is 50.3 Å². The first-order valence-electron chi connectivity index (χ1n) is 6.48. The first-order valence-corrected chi connectivity index (χ1v) is 6.48. The Labute approximate surface area is 115 Å². The maximum Gasteiger partial charge on any atom is 0.0542 e. The number of nitrogens with zero attached hydrogens (tertiary/aromatic N) is 3. The molecule has 0 spiro atoms. The van der Waals surface area contributed by atoms with Gasteiger partial charge in [-0.1, -0.05) is 0 Å². The summed E-state index contributed by atoms with van der Waals surface area (Å²) < 4.78 is 1.90. The van der Waals surface area contributed by atoms with Crippen LogP contribution in [-0.2, 0) is 13.6 Å². The number of hydrogen-bond acceptors (Lipinski definition) is 3. The van der Waals surface area contributed by atoms with Gasteiger partial charge in [-0.05, 0) is 37.6 Å². The predicted octanol–water partition coefficient (Wildman–Crippen LogP) is 2.72. The Kier molecular flexibility index (Phi) is 3.79. The van der Waals surface area contributed by atoms with Gasteiger partial charge in [0.2, 0.25) is 0 Å². The molecule has 0 saturated carbocycles. The molecule has 0 aliphatic rings. The SMILES string of the molecule is Cc1cc(N(C)C)ccc1NCc1cnn(C)c1C. The lowest BCUT2D eigenvalue weighted by Gasteiger charge is -2.16. The Morgan fingerprint density at radius 3 is 2.53 bits per heavy atom. The van der Waals surface area contributed by atoms with Crippen molar-refractivity contribution in [3.63, 3.8) is 0 Å². The molecular weight excluding hydrogens is 236 g/mol. The highest BCUT2D eigenvalue weighted by Gasteiger charge is 2.05. The van der Waals surface area contributed by atoms with E-state index in [2.05, 4.69) is 61.5 Å². The van der Waals surface area contributed by atoms with E-state index in [9.17, 15) is 0 Å². The molecule has 2 rings (SSSR count). The molecule has 102 valence electrons. The summed E-state index contributed by atoms with van der Waals surface area (Å²) in [6.45, 7) is 5.03. The highest BCUT2D eigenvalue weighted by Crippen LogP contribution is 2.22. The van der Waals surface area contributed by atoms with Crippen LogP contribution in [0.5, 0.6) is 0 Å². The van der Waals surface area contributed by atoms with Crippen LogP contribution in [0.2, 0.25) is 0 Å². The third kappa shape index (κ3) is 2.89. The molecule has 1 heterocycles. The normalized spacial score (nSPS) is 10.6. The number of aryl methyl sites for hydroxylation is 2. The fraction of sp³-hybridized carbons (Fsp3) is 0.400. The van der Waals surface area contributed by atoms with Gasteiger partial charge in [0.1, 0.15) is 0 Å². The van der Waals surface area contributed by atoms with Crippen LogP contribution in [0.15, 0.2) is 24.4 Å². The summed E-state index contributed by atoms with van der Waals surface area (Å²) in [6.07, 6.45) is 1.92. The quantitative estimate of drug-likeness (QED) is 0.915. The summed E-state index contributed by atoms with van der Waals surface area (Å²) >= 11 is 0. The Hall–Kier alpha value is -1.97. The molecule has 4 nitrogen and oxygen atoms in total. The number of nitrogens with one attached hydrogen (secondary N) is 1. The van der Waals surface area contributed by atoms with Crippen molar-refractivity contribution >= 4 is 11.4 Å². The van der Waals surface area contributed by atoms with Crippen molar-refractivity contribution in [3.05, 3.63) is 41.2 Å². The fourth-order valence-corrected chi connectivity index (χ4v) is 2.03. The maximum absolute atomic E-state index is 4.26. The number of hydrogen-bond donors (Lipinski definition) is 1. The first kappa shape index (κ1) is 13.5. The second-order valence-corrected chi connectivity index (χ2v) is 5.13. The average Bonchev–Trinajstić information content (AvgIpc) is 2.68. The zero-order valence-corrected chi connectivity index (χ0v) is 12.4. The Balaban J connectivity index is 2.10. The van der Waals surface area contributed by atoms with Crippen LogP contribution in [0.25, 0.3) is 0 Å². The van der Waals surface area contributed by atoms with Crippen molar-refractivity contribution in [1.29, 1.82) is 0 Å². The highest BCUT2D eigenvalue weighted by molar-refractivity contribution is 5.59. The molecule has 0 amide bonds. The van der Waals surface area contributed by atoms with Crippen LogP contribution < -0.4 is 10.2 Å². The lowest BCUT2D eigenvalue weighted by Crippen LogP contribution is -2.09. The fourth-order valence-electron chi connectivity index (χ4n) is 2.03. The van der Waals surface area contributed by atoms with Gasteiger partial charge in [-0.2, -0.15) is 5.10 Å². The minimum atomic E-state index is 0.807. The molecule has 0 bridgehead atoms. The van der Waals surface area contributed by atoms with Gasteiger partial charge in [0.05, 0.1) is 6.20 Å². The van der Waals surface area contributed by atoms with Crippen LogP contribution >= 0.6 is 0 Å². The molecule has 0 radical (unpaired) electrons. The average molecular weight is 258 g/mol. The number of aromatic nitrogens is 2. The van der Waals surface area contributed by atoms with Crippen molar-refractivity contribution in [3.8, 4) is 0 Å². The van der Waals surface area contributed by atoms with E-state index in [-0.39, 0.29) is 0 Å². The van der Waals surface area contributed by atoms with E-state index in [4.69, 9.17) is 0 Å². The van der Waals surface area contributed by atoms with Crippen LogP contribution in [0.4, 0.5) is 11.4 Å². The van der Waals surface area contributed by atoms with Gasteiger partial charge >= 0.3 is 0 Å². The topological polar surface area (TPSA) is 33.1 Å². The van der Waals surface area contributed by atoms with Crippen molar-refractivity contribution in [2.45, 2.75) is 20.4 Å². The molecule has 0 aliphatic carbocycles. The predicted molar refractivity (Wildman–Crippen MR) is 80.8 cm³/mol. The van der Waals surface area contributed by atoms with E-state index in [1.165, 1.54) is 28.2 Å². The van der Waals surface area contributed by atoms with Gasteiger partial charge in [0.15, 0.2) is 0 Å². The highest BCUT2D eigenvalue weighted by atomic mass is 15.3. The van der Waals surface area contributed by atoms with Crippen LogP contribution in [-0.4, -0.2) is 23.9 Å². The van der Waals surface area contributed by atoms with Crippen molar-refractivity contribution in [2.75, 3.05) is 24.3 Å². The molecule has 0 atom stereocenters. The third-order valence-corrected chi connectivity index (χ3v) is 3.53. The minimum absolute atomic E-state index is 0.807. The molecular formula is C15H22N4. The van der Waals surface area contributed by atoms with Crippen molar-refractivity contribution in [2.24, 2.45) is 7.05 Å². The summed E-state index contributed by atoms with van der Waals surface area (Å²) in [7, 11) is 6.08. The summed E-state index contributed by atoms with van der Waals surface area (Å²) in [4.78, 5) is 2.11. The van der Waals surface area contributed by atoms with Gasteiger partial charge in [-0.25, -0.2) is 0 Å². The minimum Gasteiger partial charge on any atom is -0.381 e. The van der Waals surface area contributed by atoms with Crippen molar-refractivity contribution < 1.29 is 0 Å². The molecule has 1 aromatic heterocycles. The summed E-state index contributed by atoms with van der Waals surface area (Å²) in [5, 5.41) is 7.74. The monoisotopic (exact) mass is 258 g/mol. The molecule has 1 N–H and O–H groups in total. The molecule has 1 aromatic carbocycles. The Morgan fingerprint density at radius 2 is 2.00 bits per heavy atom. The van der Waals surface area contributed by atoms with Crippen LogP contribution in [0.3, 0.4) is 0 Å². The zero-order valence-electron chi connectivity index (χ0n) is 12.4. The number of benzene rings is 1. The van der Waals surface area contributed by atoms with E-state index < -0.39 is 0 Å². The summed E-state index contributed by atoms with van der Waals surface area (Å²) in [6, 6.07) is 6.46. The van der Waals surface area contributed by atoms with Gasteiger partial charge in [-0.15, -0.1) is 0 Å². The number of anilines is 2. The molecule has 0 unspecified atom stereocenters. The molecule has 0 aliphatic heterocycles. The van der Waals surface area contributed by atoms with Crippen molar-refractivity contribution in [1.82, 2.24) is 9.78 Å². The molecule has 2 aromatic rings. The number of rotatable bonds is 4. The zero-order chi connectivity index (χ0) is 14.0. The standard InChI is InChI=1S/C15H22N4/c1-11-8-14(18(3)4)6-7-15(11)16-9-13-10-17-19(5)12(13)2/h6-8,10,16H,9H2,1-5H3.